The van der Waals surface area contributed by atoms with Gasteiger partial charge in [-0.3, -0.25) is 9.36 Å². The Labute approximate surface area is 197 Å². The van der Waals surface area contributed by atoms with Crippen molar-refractivity contribution in [2.45, 2.75) is 26.8 Å². The second-order valence-corrected chi connectivity index (χ2v) is 11.6. The zero-order chi connectivity index (χ0) is 21.7. The standard InChI is InChI=1S/C24H19ClN2OS3/c1-13-4-6-16(7-5-13)19-12-20(17-8-10-18(25)11-9-17)27-22(28)21(31-24(27)26-19)23-29-14(2)15(3)30-23/h4-12,20H,1-3H3/t20-/m0/s1. The molecular weight excluding hydrogens is 464 g/mol. The average Bonchev–Trinajstić information content (AvgIpc) is 3.27. The maximum absolute atomic E-state index is 13.5. The topological polar surface area (TPSA) is 34.4 Å². The van der Waals surface area contributed by atoms with E-state index in [1.165, 1.54) is 26.7 Å². The number of hydrogen-bond acceptors (Lipinski definition) is 5. The van der Waals surface area contributed by atoms with Crippen molar-refractivity contribution in [3.63, 3.8) is 0 Å². The maximum Gasteiger partial charge on any atom is 0.272 e. The first-order valence-corrected chi connectivity index (χ1v) is 12.7. The summed E-state index contributed by atoms with van der Waals surface area (Å²) in [5, 5.41) is 0.678. The third-order valence-corrected chi connectivity index (χ3v) is 9.55. The first-order valence-electron chi connectivity index (χ1n) is 9.82. The lowest BCUT2D eigenvalue weighted by Crippen LogP contribution is -2.36. The van der Waals surface area contributed by atoms with Crippen LogP contribution >= 0.6 is 46.5 Å². The van der Waals surface area contributed by atoms with Gasteiger partial charge in [0, 0.05) is 10.6 Å². The average molecular weight is 483 g/mol. The molecule has 3 heterocycles. The van der Waals surface area contributed by atoms with Crippen molar-refractivity contribution in [3.8, 4) is 0 Å². The van der Waals surface area contributed by atoms with Crippen molar-refractivity contribution in [2.75, 3.05) is 0 Å². The summed E-state index contributed by atoms with van der Waals surface area (Å²) in [5.74, 6) is 0. The fourth-order valence-electron chi connectivity index (χ4n) is 3.52. The Hall–Kier alpha value is -1.99. The van der Waals surface area contributed by atoms with Crippen LogP contribution in [0.25, 0.3) is 9.93 Å². The van der Waals surface area contributed by atoms with Crippen LogP contribution in [-0.4, -0.2) is 4.57 Å². The van der Waals surface area contributed by atoms with Crippen LogP contribution in [0.5, 0.6) is 0 Å². The van der Waals surface area contributed by atoms with Crippen LogP contribution in [0.3, 0.4) is 0 Å². The molecule has 0 radical (unpaired) electrons. The molecule has 2 aliphatic rings. The van der Waals surface area contributed by atoms with Gasteiger partial charge in [-0.15, -0.1) is 0 Å². The molecule has 3 aromatic rings. The summed E-state index contributed by atoms with van der Waals surface area (Å²) in [5.41, 5.74) is 4.16. The number of hydrogen-bond donors (Lipinski definition) is 0. The van der Waals surface area contributed by atoms with Crippen LogP contribution in [-0.2, 0) is 0 Å². The number of thioether (sulfide) groups is 2. The van der Waals surface area contributed by atoms with E-state index in [2.05, 4.69) is 51.1 Å². The van der Waals surface area contributed by atoms with Crippen LogP contribution in [0.4, 0.5) is 0 Å². The predicted octanol–water partition coefficient (Wildman–Crippen LogP) is 5.93. The fourth-order valence-corrected chi connectivity index (χ4v) is 7.41. The minimum absolute atomic E-state index is 0.0143. The summed E-state index contributed by atoms with van der Waals surface area (Å²) in [6.45, 7) is 6.27. The summed E-state index contributed by atoms with van der Waals surface area (Å²) < 4.78 is 3.63. The molecule has 0 saturated heterocycles. The molecule has 0 fully saturated rings. The Kier molecular flexibility index (Phi) is 5.51. The van der Waals surface area contributed by atoms with Gasteiger partial charge in [-0.25, -0.2) is 4.99 Å². The van der Waals surface area contributed by atoms with Gasteiger partial charge in [0.15, 0.2) is 4.80 Å². The molecule has 31 heavy (non-hydrogen) atoms. The zero-order valence-corrected chi connectivity index (χ0v) is 20.4. The first-order chi connectivity index (χ1) is 14.9. The number of aromatic nitrogens is 1. The molecule has 0 amide bonds. The Bertz CT molecular complexity index is 1410. The number of rotatable bonds is 2. The highest BCUT2D eigenvalue weighted by Gasteiger charge is 2.25. The lowest BCUT2D eigenvalue weighted by atomic mass is 10.0. The van der Waals surface area contributed by atoms with E-state index in [1.54, 1.807) is 23.5 Å². The molecule has 5 rings (SSSR count). The van der Waals surface area contributed by atoms with Crippen LogP contribution in [0.1, 0.15) is 36.6 Å². The van der Waals surface area contributed by atoms with Crippen molar-refractivity contribution in [1.82, 2.24) is 4.57 Å². The molecule has 0 N–H and O–H groups in total. The Balaban J connectivity index is 1.74. The van der Waals surface area contributed by atoms with Gasteiger partial charge in [-0.05, 0) is 54.4 Å². The summed E-state index contributed by atoms with van der Waals surface area (Å²) in [7, 11) is 0. The van der Waals surface area contributed by atoms with E-state index >= 15 is 0 Å². The highest BCUT2D eigenvalue weighted by atomic mass is 35.5. The van der Waals surface area contributed by atoms with Gasteiger partial charge in [0.2, 0.25) is 0 Å². The van der Waals surface area contributed by atoms with Gasteiger partial charge in [0.05, 0.1) is 16.0 Å². The summed E-state index contributed by atoms with van der Waals surface area (Å²) in [4.78, 5) is 21.7. The summed E-state index contributed by atoms with van der Waals surface area (Å²) in [6.07, 6.45) is 2.08. The molecule has 0 unspecified atom stereocenters. The Morgan fingerprint density at radius 1 is 0.935 bits per heavy atom. The fraction of sp³-hybridized carbons (Fsp3) is 0.167. The highest BCUT2D eigenvalue weighted by Crippen LogP contribution is 2.48. The molecule has 0 spiro atoms. The van der Waals surface area contributed by atoms with Crippen molar-refractivity contribution in [1.29, 1.82) is 0 Å². The third-order valence-electron chi connectivity index (χ3n) is 5.35. The van der Waals surface area contributed by atoms with Crippen molar-refractivity contribution in [3.05, 3.63) is 106 Å². The van der Waals surface area contributed by atoms with Gasteiger partial charge in [-0.2, -0.15) is 0 Å². The Morgan fingerprint density at radius 2 is 1.58 bits per heavy atom. The normalized spacial score (nSPS) is 18.1. The van der Waals surface area contributed by atoms with E-state index in [-0.39, 0.29) is 11.6 Å². The largest absolute Gasteiger partial charge is 0.272 e. The quantitative estimate of drug-likeness (QED) is 0.453. The highest BCUT2D eigenvalue weighted by molar-refractivity contribution is 8.35. The van der Waals surface area contributed by atoms with E-state index in [0.717, 1.165) is 30.4 Å². The van der Waals surface area contributed by atoms with E-state index in [4.69, 9.17) is 16.6 Å². The summed E-state index contributed by atoms with van der Waals surface area (Å²) in [6, 6.07) is 15.8. The van der Waals surface area contributed by atoms with Gasteiger partial charge in [0.25, 0.3) is 5.56 Å². The monoisotopic (exact) mass is 482 g/mol. The van der Waals surface area contributed by atoms with Gasteiger partial charge in [0.1, 0.15) is 4.53 Å². The molecule has 0 saturated carbocycles. The van der Waals surface area contributed by atoms with Crippen LogP contribution in [0.15, 0.2) is 74.2 Å². The second-order valence-electron chi connectivity index (χ2n) is 7.52. The molecule has 1 atom stereocenters. The lowest BCUT2D eigenvalue weighted by molar-refractivity contribution is 0.644. The minimum atomic E-state index is -0.231. The van der Waals surface area contributed by atoms with Crippen molar-refractivity contribution in [2.24, 2.45) is 4.99 Å². The molecule has 2 aromatic carbocycles. The van der Waals surface area contributed by atoms with E-state index < -0.39 is 0 Å². The lowest BCUT2D eigenvalue weighted by Gasteiger charge is -2.19. The van der Waals surface area contributed by atoms with Crippen LogP contribution in [0, 0.1) is 6.92 Å². The first kappa shape index (κ1) is 20.9. The molecule has 7 heteroatoms. The molecule has 3 nitrogen and oxygen atoms in total. The van der Waals surface area contributed by atoms with Crippen molar-refractivity contribution >= 4 is 56.4 Å². The molecule has 156 valence electrons. The van der Waals surface area contributed by atoms with Crippen LogP contribution in [0.2, 0.25) is 5.02 Å². The molecule has 1 aromatic heterocycles. The predicted molar refractivity (Wildman–Crippen MR) is 135 cm³/mol. The van der Waals surface area contributed by atoms with E-state index in [1.807, 2.05) is 28.8 Å². The molecular formula is C24H19ClN2OS3. The summed E-state index contributed by atoms with van der Waals surface area (Å²) >= 11 is 11.0. The molecule has 2 aliphatic heterocycles. The zero-order valence-electron chi connectivity index (χ0n) is 17.2. The number of allylic oxidation sites excluding steroid dienone is 3. The molecule has 0 aliphatic carbocycles. The van der Waals surface area contributed by atoms with Crippen LogP contribution < -0.4 is 14.9 Å². The number of nitrogens with zero attached hydrogens (tertiary/aromatic N) is 2. The van der Waals surface area contributed by atoms with Gasteiger partial charge in [-0.1, -0.05) is 88.4 Å². The third kappa shape index (κ3) is 3.87. The SMILES string of the molecule is CC1=C(C)SC(=c2sc3n(c2=O)[C@H](c2ccc(Cl)cc2)C=C(c2ccc(C)cc2)N=3)S1. The van der Waals surface area contributed by atoms with E-state index in [0.29, 0.717) is 5.02 Å². The smallest absolute Gasteiger partial charge is 0.272 e. The number of aryl methyl sites for hydroxylation is 1. The van der Waals surface area contributed by atoms with Gasteiger partial charge >= 0.3 is 0 Å². The van der Waals surface area contributed by atoms with Crippen molar-refractivity contribution < 1.29 is 0 Å². The number of thiazole rings is 1. The van der Waals surface area contributed by atoms with E-state index in [9.17, 15) is 4.79 Å². The number of halogens is 1. The Morgan fingerprint density at radius 3 is 2.23 bits per heavy atom. The second kappa shape index (κ2) is 8.17. The number of benzene rings is 2. The molecule has 0 bridgehead atoms. The number of fused-ring (bicyclic) bond motifs is 1. The van der Waals surface area contributed by atoms with Gasteiger partial charge < -0.3 is 0 Å². The maximum atomic E-state index is 13.5. The minimum Gasteiger partial charge on any atom is -0.272 e.